The molecule has 1 atom stereocenters. The van der Waals surface area contributed by atoms with Crippen LogP contribution in [0.3, 0.4) is 0 Å². The van der Waals surface area contributed by atoms with E-state index in [1.807, 2.05) is 30.3 Å². The van der Waals surface area contributed by atoms with E-state index in [0.29, 0.717) is 27.9 Å². The van der Waals surface area contributed by atoms with Crippen molar-refractivity contribution >= 4 is 35.1 Å². The Bertz CT molecular complexity index is 923. The third kappa shape index (κ3) is 4.02. The molecule has 0 radical (unpaired) electrons. The number of hydrogen-bond acceptors (Lipinski definition) is 3. The van der Waals surface area contributed by atoms with E-state index in [0.717, 1.165) is 11.1 Å². The largest absolute Gasteiger partial charge is 0.466 e. The number of benzene rings is 2. The summed E-state index contributed by atoms with van der Waals surface area (Å²) in [6.45, 7) is 2.10. The average molecular weight is 404 g/mol. The maximum absolute atomic E-state index is 12.9. The number of halogens is 2. The fourth-order valence-electron chi connectivity index (χ4n) is 3.42. The molecule has 0 N–H and O–H groups in total. The molecule has 1 amide bonds. The molecule has 4 nitrogen and oxygen atoms in total. The van der Waals surface area contributed by atoms with Crippen molar-refractivity contribution in [3.8, 4) is 0 Å². The van der Waals surface area contributed by atoms with E-state index in [-0.39, 0.29) is 12.3 Å². The summed E-state index contributed by atoms with van der Waals surface area (Å²) in [4.78, 5) is 27.1. The van der Waals surface area contributed by atoms with Gasteiger partial charge in [-0.1, -0.05) is 53.5 Å². The van der Waals surface area contributed by atoms with Crippen LogP contribution in [0.15, 0.2) is 59.8 Å². The summed E-state index contributed by atoms with van der Waals surface area (Å²) in [5.74, 6) is -0.972. The van der Waals surface area contributed by atoms with Gasteiger partial charge in [-0.05, 0) is 36.2 Å². The van der Waals surface area contributed by atoms with Crippen LogP contribution in [-0.2, 0) is 20.9 Å². The minimum absolute atomic E-state index is 0.0787. The fourth-order valence-corrected chi connectivity index (χ4v) is 3.90. The van der Waals surface area contributed by atoms with E-state index in [2.05, 4.69) is 0 Å². The SMILES string of the molecule is COC(=O)C1=C(C)N(Cc2cccc(Cl)c2)C(=O)CC1c1ccccc1Cl. The molecule has 2 aromatic carbocycles. The standard InChI is InChI=1S/C21H19Cl2NO3/c1-13-20(21(26)27-2)17(16-8-3-4-9-18(16)23)11-19(25)24(13)12-14-6-5-7-15(22)10-14/h3-10,17H,11-12H2,1-2H3. The van der Waals surface area contributed by atoms with Gasteiger partial charge in [0.2, 0.25) is 5.91 Å². The first-order chi connectivity index (χ1) is 12.9. The van der Waals surface area contributed by atoms with Crippen molar-refractivity contribution in [1.82, 2.24) is 4.90 Å². The van der Waals surface area contributed by atoms with Crippen LogP contribution in [-0.4, -0.2) is 23.9 Å². The van der Waals surface area contributed by atoms with Gasteiger partial charge >= 0.3 is 5.97 Å². The number of esters is 1. The van der Waals surface area contributed by atoms with Crippen molar-refractivity contribution < 1.29 is 14.3 Å². The number of ether oxygens (including phenoxy) is 1. The lowest BCUT2D eigenvalue weighted by Crippen LogP contribution is -2.38. The summed E-state index contributed by atoms with van der Waals surface area (Å²) in [5.41, 5.74) is 2.65. The minimum Gasteiger partial charge on any atom is -0.466 e. The van der Waals surface area contributed by atoms with Gasteiger partial charge in [-0.15, -0.1) is 0 Å². The van der Waals surface area contributed by atoms with Crippen molar-refractivity contribution in [3.63, 3.8) is 0 Å². The molecule has 1 aliphatic rings. The smallest absolute Gasteiger partial charge is 0.336 e. The first-order valence-electron chi connectivity index (χ1n) is 8.50. The van der Waals surface area contributed by atoms with E-state index >= 15 is 0 Å². The second kappa shape index (κ2) is 8.15. The highest BCUT2D eigenvalue weighted by molar-refractivity contribution is 6.31. The topological polar surface area (TPSA) is 46.6 Å². The quantitative estimate of drug-likeness (QED) is 0.677. The van der Waals surface area contributed by atoms with Crippen LogP contribution in [0.5, 0.6) is 0 Å². The maximum Gasteiger partial charge on any atom is 0.336 e. The van der Waals surface area contributed by atoms with Gasteiger partial charge in [0.25, 0.3) is 0 Å². The van der Waals surface area contributed by atoms with Gasteiger partial charge in [-0.3, -0.25) is 4.79 Å². The number of methoxy groups -OCH3 is 1. The molecular formula is C21H19Cl2NO3. The molecule has 0 bridgehead atoms. The van der Waals surface area contributed by atoms with Crippen LogP contribution in [0.1, 0.15) is 30.4 Å². The predicted molar refractivity (Wildman–Crippen MR) is 106 cm³/mol. The van der Waals surface area contributed by atoms with E-state index in [9.17, 15) is 9.59 Å². The van der Waals surface area contributed by atoms with Gasteiger partial charge in [0.05, 0.1) is 19.2 Å². The number of allylic oxidation sites excluding steroid dienone is 1. The zero-order valence-corrected chi connectivity index (χ0v) is 16.6. The van der Waals surface area contributed by atoms with Gasteiger partial charge in [0, 0.05) is 28.1 Å². The number of amides is 1. The Morgan fingerprint density at radius 2 is 1.93 bits per heavy atom. The van der Waals surface area contributed by atoms with Crippen LogP contribution in [0.4, 0.5) is 0 Å². The molecule has 0 aromatic heterocycles. The summed E-state index contributed by atoms with van der Waals surface area (Å²) in [6.07, 6.45) is 0.145. The molecule has 0 fully saturated rings. The van der Waals surface area contributed by atoms with Crippen molar-refractivity contribution in [3.05, 3.63) is 81.0 Å². The number of carbonyl (C=O) groups is 2. The Morgan fingerprint density at radius 1 is 1.19 bits per heavy atom. The summed E-state index contributed by atoms with van der Waals surface area (Å²) in [6, 6.07) is 14.6. The average Bonchev–Trinajstić information content (AvgIpc) is 2.64. The Hall–Kier alpha value is -2.30. The number of hydrogen-bond donors (Lipinski definition) is 0. The normalized spacial score (nSPS) is 17.3. The molecule has 0 aliphatic carbocycles. The summed E-state index contributed by atoms with van der Waals surface area (Å²) in [5, 5.41) is 1.12. The Morgan fingerprint density at radius 3 is 2.59 bits per heavy atom. The highest BCUT2D eigenvalue weighted by Crippen LogP contribution is 2.40. The first kappa shape index (κ1) is 19.5. The van der Waals surface area contributed by atoms with Crippen LogP contribution < -0.4 is 0 Å². The number of carbonyl (C=O) groups excluding carboxylic acids is 2. The molecule has 1 unspecified atom stereocenters. The Labute approximate surface area is 168 Å². The molecule has 1 aliphatic heterocycles. The summed E-state index contributed by atoms with van der Waals surface area (Å²) >= 11 is 12.4. The van der Waals surface area contributed by atoms with Gasteiger partial charge in [-0.25, -0.2) is 4.79 Å². The van der Waals surface area contributed by atoms with Crippen molar-refractivity contribution in [2.45, 2.75) is 25.8 Å². The molecular weight excluding hydrogens is 385 g/mol. The molecule has 0 saturated heterocycles. The minimum atomic E-state index is -0.457. The summed E-state index contributed by atoms with van der Waals surface area (Å²) < 4.78 is 5.01. The number of nitrogens with zero attached hydrogens (tertiary/aromatic N) is 1. The molecule has 27 heavy (non-hydrogen) atoms. The van der Waals surface area contributed by atoms with Crippen molar-refractivity contribution in [2.24, 2.45) is 0 Å². The van der Waals surface area contributed by atoms with E-state index in [1.165, 1.54) is 7.11 Å². The first-order valence-corrected chi connectivity index (χ1v) is 9.26. The van der Waals surface area contributed by atoms with Gasteiger partial charge in [-0.2, -0.15) is 0 Å². The molecule has 0 spiro atoms. The van der Waals surface area contributed by atoms with Crippen LogP contribution in [0.2, 0.25) is 10.0 Å². The highest BCUT2D eigenvalue weighted by atomic mass is 35.5. The highest BCUT2D eigenvalue weighted by Gasteiger charge is 2.37. The predicted octanol–water partition coefficient (Wildman–Crippen LogP) is 4.96. The molecule has 140 valence electrons. The van der Waals surface area contributed by atoms with Gasteiger partial charge in [0.15, 0.2) is 0 Å². The van der Waals surface area contributed by atoms with Crippen LogP contribution >= 0.6 is 23.2 Å². The second-order valence-electron chi connectivity index (χ2n) is 6.38. The Balaban J connectivity index is 2.05. The second-order valence-corrected chi connectivity index (χ2v) is 7.22. The monoisotopic (exact) mass is 403 g/mol. The van der Waals surface area contributed by atoms with Crippen LogP contribution in [0.25, 0.3) is 0 Å². The molecule has 0 saturated carbocycles. The maximum atomic E-state index is 12.9. The summed E-state index contributed by atoms with van der Waals surface area (Å²) in [7, 11) is 1.34. The number of rotatable bonds is 4. The van der Waals surface area contributed by atoms with Crippen molar-refractivity contribution in [2.75, 3.05) is 7.11 Å². The third-order valence-corrected chi connectivity index (χ3v) is 5.32. The molecule has 2 aromatic rings. The zero-order valence-electron chi connectivity index (χ0n) is 15.0. The third-order valence-electron chi connectivity index (χ3n) is 4.74. The lowest BCUT2D eigenvalue weighted by Gasteiger charge is -2.34. The van der Waals surface area contributed by atoms with Crippen molar-refractivity contribution in [1.29, 1.82) is 0 Å². The fraction of sp³-hybridized carbons (Fsp3) is 0.238. The molecule has 1 heterocycles. The molecule has 6 heteroatoms. The van der Waals surface area contributed by atoms with E-state index < -0.39 is 11.9 Å². The lowest BCUT2D eigenvalue weighted by atomic mass is 9.83. The lowest BCUT2D eigenvalue weighted by molar-refractivity contribution is -0.138. The van der Waals surface area contributed by atoms with E-state index in [1.54, 1.807) is 30.0 Å². The van der Waals surface area contributed by atoms with E-state index in [4.69, 9.17) is 27.9 Å². The van der Waals surface area contributed by atoms with Crippen LogP contribution in [0, 0.1) is 0 Å². The van der Waals surface area contributed by atoms with Gasteiger partial charge < -0.3 is 9.64 Å². The zero-order chi connectivity index (χ0) is 19.6. The Kier molecular flexibility index (Phi) is 5.88. The molecule has 3 rings (SSSR count). The van der Waals surface area contributed by atoms with Gasteiger partial charge in [0.1, 0.15) is 0 Å².